The van der Waals surface area contributed by atoms with Crippen molar-refractivity contribution >= 4 is 16.9 Å². The lowest BCUT2D eigenvalue weighted by Crippen LogP contribution is -2.25. The fraction of sp³-hybridized carbons (Fsp3) is 0.263. The molecule has 4 nitrogen and oxygen atoms in total. The molecule has 0 spiro atoms. The highest BCUT2D eigenvalue weighted by molar-refractivity contribution is 5.78. The molecule has 1 amide bonds. The average Bonchev–Trinajstić information content (AvgIpc) is 2.98. The summed E-state index contributed by atoms with van der Waals surface area (Å²) in [5.74, 6) is 0.938. The monoisotopic (exact) mass is 308 g/mol. The standard InChI is InChI=1S/C19H20N2O2/c1-21(14-17-13-15-7-2-3-10-18(15)23-17)19(22)11-6-9-16-8-4-5-12-20-16/h2-5,7-8,10,12-13H,6,9,11,14H2,1H3. The van der Waals surface area contributed by atoms with Gasteiger partial charge in [-0.3, -0.25) is 9.78 Å². The molecular weight excluding hydrogens is 288 g/mol. The maximum Gasteiger partial charge on any atom is 0.222 e. The molecule has 3 aromatic rings. The van der Waals surface area contributed by atoms with E-state index in [0.717, 1.165) is 35.3 Å². The van der Waals surface area contributed by atoms with Crippen LogP contribution in [0.3, 0.4) is 0 Å². The van der Waals surface area contributed by atoms with E-state index in [0.29, 0.717) is 13.0 Å². The molecule has 0 aliphatic heterocycles. The van der Waals surface area contributed by atoms with Gasteiger partial charge in [0.2, 0.25) is 5.91 Å². The molecule has 0 fully saturated rings. The number of furan rings is 1. The Hall–Kier alpha value is -2.62. The van der Waals surface area contributed by atoms with Gasteiger partial charge in [0.1, 0.15) is 11.3 Å². The normalized spacial score (nSPS) is 10.8. The minimum Gasteiger partial charge on any atom is -0.459 e. The van der Waals surface area contributed by atoms with E-state index in [-0.39, 0.29) is 5.91 Å². The van der Waals surface area contributed by atoms with Gasteiger partial charge in [-0.05, 0) is 37.1 Å². The maximum absolute atomic E-state index is 12.2. The lowest BCUT2D eigenvalue weighted by atomic mass is 10.1. The van der Waals surface area contributed by atoms with E-state index in [1.165, 1.54) is 0 Å². The number of carbonyl (C=O) groups excluding carboxylic acids is 1. The molecule has 2 heterocycles. The number of aromatic nitrogens is 1. The van der Waals surface area contributed by atoms with Crippen LogP contribution in [0.4, 0.5) is 0 Å². The van der Waals surface area contributed by atoms with Gasteiger partial charge in [-0.25, -0.2) is 0 Å². The van der Waals surface area contributed by atoms with Crippen LogP contribution >= 0.6 is 0 Å². The van der Waals surface area contributed by atoms with Crippen LogP contribution in [-0.4, -0.2) is 22.8 Å². The molecule has 2 aromatic heterocycles. The van der Waals surface area contributed by atoms with E-state index in [9.17, 15) is 4.79 Å². The highest BCUT2D eigenvalue weighted by Crippen LogP contribution is 2.20. The van der Waals surface area contributed by atoms with E-state index in [1.54, 1.807) is 11.1 Å². The number of fused-ring (bicyclic) bond motifs is 1. The number of carbonyl (C=O) groups is 1. The minimum atomic E-state index is 0.126. The van der Waals surface area contributed by atoms with Gasteiger partial charge in [0, 0.05) is 30.7 Å². The number of amides is 1. The van der Waals surface area contributed by atoms with Crippen LogP contribution in [0.1, 0.15) is 24.3 Å². The Morgan fingerprint density at radius 2 is 2.00 bits per heavy atom. The molecule has 0 bridgehead atoms. The first kappa shape index (κ1) is 15.3. The summed E-state index contributed by atoms with van der Waals surface area (Å²) in [6, 6.07) is 15.7. The number of aryl methyl sites for hydroxylation is 1. The molecule has 0 saturated heterocycles. The summed E-state index contributed by atoms with van der Waals surface area (Å²) in [5, 5.41) is 1.07. The molecule has 118 valence electrons. The second-order valence-electron chi connectivity index (χ2n) is 5.67. The molecule has 0 unspecified atom stereocenters. The zero-order valence-corrected chi connectivity index (χ0v) is 13.2. The summed E-state index contributed by atoms with van der Waals surface area (Å²) in [6.45, 7) is 0.497. The van der Waals surface area contributed by atoms with Crippen LogP contribution in [0, 0.1) is 0 Å². The van der Waals surface area contributed by atoms with E-state index in [4.69, 9.17) is 4.42 Å². The Morgan fingerprint density at radius 3 is 2.78 bits per heavy atom. The van der Waals surface area contributed by atoms with Crippen LogP contribution in [0.15, 0.2) is 59.1 Å². The van der Waals surface area contributed by atoms with E-state index >= 15 is 0 Å². The van der Waals surface area contributed by atoms with Gasteiger partial charge in [0.05, 0.1) is 6.54 Å². The van der Waals surface area contributed by atoms with Crippen molar-refractivity contribution in [1.82, 2.24) is 9.88 Å². The Morgan fingerprint density at radius 1 is 1.17 bits per heavy atom. The van der Waals surface area contributed by atoms with Crippen LogP contribution in [-0.2, 0) is 17.8 Å². The predicted molar refractivity (Wildman–Crippen MR) is 89.9 cm³/mol. The summed E-state index contributed by atoms with van der Waals surface area (Å²) >= 11 is 0. The van der Waals surface area contributed by atoms with Crippen molar-refractivity contribution in [3.05, 3.63) is 66.2 Å². The Kier molecular flexibility index (Phi) is 4.71. The number of pyridine rings is 1. The molecule has 0 radical (unpaired) electrons. The number of para-hydroxylation sites is 1. The molecule has 0 atom stereocenters. The summed E-state index contributed by atoms with van der Waals surface area (Å²) in [4.78, 5) is 18.2. The first-order valence-corrected chi connectivity index (χ1v) is 7.84. The van der Waals surface area contributed by atoms with Gasteiger partial charge in [0.15, 0.2) is 0 Å². The van der Waals surface area contributed by atoms with Crippen LogP contribution in [0.25, 0.3) is 11.0 Å². The first-order chi connectivity index (χ1) is 11.2. The van der Waals surface area contributed by atoms with Crippen LogP contribution < -0.4 is 0 Å². The van der Waals surface area contributed by atoms with Gasteiger partial charge in [-0.1, -0.05) is 24.3 Å². The summed E-state index contributed by atoms with van der Waals surface area (Å²) in [6.07, 6.45) is 3.93. The fourth-order valence-electron chi connectivity index (χ4n) is 2.59. The van der Waals surface area contributed by atoms with Crippen molar-refractivity contribution in [2.75, 3.05) is 7.05 Å². The number of hydrogen-bond acceptors (Lipinski definition) is 3. The molecule has 1 aromatic carbocycles. The topological polar surface area (TPSA) is 46.3 Å². The van der Waals surface area contributed by atoms with Crippen molar-refractivity contribution in [1.29, 1.82) is 0 Å². The third-order valence-electron chi connectivity index (χ3n) is 3.85. The van der Waals surface area contributed by atoms with E-state index in [2.05, 4.69) is 4.98 Å². The maximum atomic E-state index is 12.2. The average molecular weight is 308 g/mol. The number of hydrogen-bond donors (Lipinski definition) is 0. The van der Waals surface area contributed by atoms with Crippen LogP contribution in [0.5, 0.6) is 0 Å². The second kappa shape index (κ2) is 7.09. The Labute approximate surface area is 135 Å². The Bertz CT molecular complexity index is 747. The molecular formula is C19H20N2O2. The van der Waals surface area contributed by atoms with Gasteiger partial charge >= 0.3 is 0 Å². The van der Waals surface area contributed by atoms with Gasteiger partial charge < -0.3 is 9.32 Å². The quantitative estimate of drug-likeness (QED) is 0.695. The largest absolute Gasteiger partial charge is 0.459 e. The third-order valence-corrected chi connectivity index (χ3v) is 3.85. The molecule has 0 aliphatic carbocycles. The zero-order valence-electron chi connectivity index (χ0n) is 13.2. The number of benzene rings is 1. The van der Waals surface area contributed by atoms with Gasteiger partial charge in [-0.15, -0.1) is 0 Å². The fourth-order valence-corrected chi connectivity index (χ4v) is 2.59. The van der Waals surface area contributed by atoms with Crippen molar-refractivity contribution in [2.45, 2.75) is 25.8 Å². The SMILES string of the molecule is CN(Cc1cc2ccccc2o1)C(=O)CCCc1ccccn1. The second-order valence-corrected chi connectivity index (χ2v) is 5.67. The van der Waals surface area contributed by atoms with Crippen molar-refractivity contribution in [3.63, 3.8) is 0 Å². The molecule has 4 heteroatoms. The number of nitrogens with zero attached hydrogens (tertiary/aromatic N) is 2. The lowest BCUT2D eigenvalue weighted by Gasteiger charge is -2.15. The zero-order chi connectivity index (χ0) is 16.1. The summed E-state index contributed by atoms with van der Waals surface area (Å²) < 4.78 is 5.76. The molecule has 0 saturated carbocycles. The lowest BCUT2D eigenvalue weighted by molar-refractivity contribution is -0.130. The van der Waals surface area contributed by atoms with Crippen molar-refractivity contribution < 1.29 is 9.21 Å². The first-order valence-electron chi connectivity index (χ1n) is 7.84. The van der Waals surface area contributed by atoms with Gasteiger partial charge in [-0.2, -0.15) is 0 Å². The van der Waals surface area contributed by atoms with E-state index < -0.39 is 0 Å². The minimum absolute atomic E-state index is 0.126. The molecule has 3 rings (SSSR count). The third kappa shape index (κ3) is 3.97. The highest BCUT2D eigenvalue weighted by atomic mass is 16.3. The molecule has 0 N–H and O–H groups in total. The Balaban J connectivity index is 1.51. The molecule has 23 heavy (non-hydrogen) atoms. The van der Waals surface area contributed by atoms with Crippen molar-refractivity contribution in [2.24, 2.45) is 0 Å². The predicted octanol–water partition coefficient (Wildman–Crippen LogP) is 3.81. The molecule has 0 aliphatic rings. The summed E-state index contributed by atoms with van der Waals surface area (Å²) in [5.41, 5.74) is 1.89. The van der Waals surface area contributed by atoms with E-state index in [1.807, 2.05) is 55.6 Å². The van der Waals surface area contributed by atoms with Gasteiger partial charge in [0.25, 0.3) is 0 Å². The summed E-state index contributed by atoms with van der Waals surface area (Å²) in [7, 11) is 1.82. The highest BCUT2D eigenvalue weighted by Gasteiger charge is 2.12. The number of rotatable bonds is 6. The smallest absolute Gasteiger partial charge is 0.222 e. The van der Waals surface area contributed by atoms with Crippen LogP contribution in [0.2, 0.25) is 0 Å². The van der Waals surface area contributed by atoms with Crippen molar-refractivity contribution in [3.8, 4) is 0 Å².